The first kappa shape index (κ1) is 44.0. The predicted molar refractivity (Wildman–Crippen MR) is 216 cm³/mol. The van der Waals surface area contributed by atoms with Crippen LogP contribution in [0.3, 0.4) is 0 Å². The molecule has 6 rings (SSSR count). The van der Waals surface area contributed by atoms with Crippen LogP contribution in [0.2, 0.25) is 36.3 Å². The zero-order valence-electron chi connectivity index (χ0n) is 36.2. The van der Waals surface area contributed by atoms with E-state index < -0.39 is 99.8 Å². The SMILES string of the molecule is CC1(C)O[C@@H]2[C@H](O1)[C@@H](CO[Si](C)(C)C(C)(C)C)O[C@H]2n1ccc(=O)n(CCCn2c(=O)ccn([C@@H]3O[C@H](CO[Si](C)(C)C(C)(C)C)[C@H]4OC(C)(C)O[C@H]43)c2=O)c1=O. The first-order chi connectivity index (χ1) is 26.1. The Morgan fingerprint density at radius 1 is 0.596 bits per heavy atom. The van der Waals surface area contributed by atoms with Gasteiger partial charge in [-0.25, -0.2) is 9.59 Å². The van der Waals surface area contributed by atoms with Crippen LogP contribution in [0.25, 0.3) is 0 Å². The van der Waals surface area contributed by atoms with E-state index in [9.17, 15) is 19.2 Å². The van der Waals surface area contributed by atoms with Crippen molar-refractivity contribution < 1.29 is 37.3 Å². The van der Waals surface area contributed by atoms with Crippen molar-refractivity contribution >= 4 is 16.6 Å². The maximum Gasteiger partial charge on any atom is 0.333 e. The number of hydrogen-bond acceptors (Lipinski definition) is 12. The number of rotatable bonds is 12. The Hall–Kier alpha value is -2.53. The van der Waals surface area contributed by atoms with Crippen LogP contribution in [-0.4, -0.2) is 96.3 Å². The van der Waals surface area contributed by atoms with E-state index in [4.69, 9.17) is 37.3 Å². The zero-order chi connectivity index (χ0) is 42.3. The Balaban J connectivity index is 1.19. The van der Waals surface area contributed by atoms with Crippen LogP contribution in [0.4, 0.5) is 0 Å². The van der Waals surface area contributed by atoms with Gasteiger partial charge in [0.15, 0.2) is 40.7 Å². The highest BCUT2D eigenvalue weighted by molar-refractivity contribution is 6.74. The number of aromatic nitrogens is 4. The summed E-state index contributed by atoms with van der Waals surface area (Å²) in [4.78, 5) is 54.2. The molecule has 4 fully saturated rings. The van der Waals surface area contributed by atoms with Crippen molar-refractivity contribution in [3.05, 3.63) is 66.2 Å². The molecule has 4 aliphatic rings. The third-order valence-corrected chi connectivity index (χ3v) is 21.6. The summed E-state index contributed by atoms with van der Waals surface area (Å²) >= 11 is 0. The summed E-state index contributed by atoms with van der Waals surface area (Å²) in [6.07, 6.45) is -2.11. The number of hydrogen-bond donors (Lipinski definition) is 0. The van der Waals surface area contributed by atoms with Crippen molar-refractivity contribution in [1.29, 1.82) is 0 Å². The molecule has 0 unspecified atom stereocenters. The maximum atomic E-state index is 14.0. The fourth-order valence-corrected chi connectivity index (χ4v) is 9.33. The van der Waals surface area contributed by atoms with E-state index in [-0.39, 0.29) is 42.8 Å². The summed E-state index contributed by atoms with van der Waals surface area (Å²) in [6, 6.07) is 2.60. The van der Waals surface area contributed by atoms with Crippen molar-refractivity contribution in [3.8, 4) is 0 Å². The average molecular weight is 837 g/mol. The summed E-state index contributed by atoms with van der Waals surface area (Å²) in [5.41, 5.74) is -2.27. The van der Waals surface area contributed by atoms with Crippen LogP contribution in [0.5, 0.6) is 0 Å². The normalized spacial score (nSPS) is 29.9. The first-order valence-corrected chi connectivity index (χ1v) is 25.9. The van der Waals surface area contributed by atoms with Crippen LogP contribution in [0, 0.1) is 0 Å². The Morgan fingerprint density at radius 3 is 1.26 bits per heavy atom. The van der Waals surface area contributed by atoms with Gasteiger partial charge in [-0.3, -0.25) is 27.9 Å². The van der Waals surface area contributed by atoms with E-state index in [1.165, 1.54) is 33.7 Å². The van der Waals surface area contributed by atoms with Gasteiger partial charge in [-0.2, -0.15) is 0 Å². The van der Waals surface area contributed by atoms with Crippen molar-refractivity contribution in [2.75, 3.05) is 13.2 Å². The Morgan fingerprint density at radius 2 is 0.930 bits per heavy atom. The van der Waals surface area contributed by atoms with Crippen LogP contribution in [0.15, 0.2) is 43.7 Å². The second kappa shape index (κ2) is 15.2. The van der Waals surface area contributed by atoms with Gasteiger partial charge < -0.3 is 37.3 Å². The first-order valence-electron chi connectivity index (χ1n) is 20.1. The van der Waals surface area contributed by atoms with E-state index in [1.807, 2.05) is 27.7 Å². The maximum absolute atomic E-state index is 14.0. The van der Waals surface area contributed by atoms with E-state index in [0.29, 0.717) is 0 Å². The lowest BCUT2D eigenvalue weighted by Gasteiger charge is -2.37. The third kappa shape index (κ3) is 8.72. The fourth-order valence-electron chi connectivity index (χ4n) is 7.30. The molecule has 6 heterocycles. The molecule has 4 saturated heterocycles. The molecule has 0 spiro atoms. The Bertz CT molecular complexity index is 1900. The molecule has 320 valence electrons. The lowest BCUT2D eigenvalue weighted by Crippen LogP contribution is -2.45. The summed E-state index contributed by atoms with van der Waals surface area (Å²) in [7, 11) is -4.27. The highest BCUT2D eigenvalue weighted by Crippen LogP contribution is 2.45. The average Bonchev–Trinajstić information content (AvgIpc) is 3.77. The largest absolute Gasteiger partial charge is 0.414 e. The van der Waals surface area contributed by atoms with Gasteiger partial charge in [0.25, 0.3) is 11.1 Å². The third-order valence-electron chi connectivity index (χ3n) is 12.6. The van der Waals surface area contributed by atoms with E-state index in [2.05, 4.69) is 67.7 Å². The van der Waals surface area contributed by atoms with Crippen LogP contribution in [-0.2, 0) is 50.4 Å². The number of fused-ring (bicyclic) bond motifs is 2. The molecule has 0 aliphatic carbocycles. The molecular weight excluding hydrogens is 773 g/mol. The minimum absolute atomic E-state index is 0.0198. The molecule has 18 heteroatoms. The van der Waals surface area contributed by atoms with Gasteiger partial charge >= 0.3 is 11.4 Å². The molecule has 4 aliphatic heterocycles. The van der Waals surface area contributed by atoms with Crippen molar-refractivity contribution in [3.63, 3.8) is 0 Å². The van der Waals surface area contributed by atoms with E-state index in [0.717, 1.165) is 9.13 Å². The van der Waals surface area contributed by atoms with Gasteiger partial charge in [0, 0.05) is 37.6 Å². The zero-order valence-corrected chi connectivity index (χ0v) is 38.2. The van der Waals surface area contributed by atoms with Crippen molar-refractivity contribution in [2.24, 2.45) is 0 Å². The second-order valence-electron chi connectivity index (χ2n) is 19.7. The highest BCUT2D eigenvalue weighted by atomic mass is 28.4. The molecule has 8 atom stereocenters. The van der Waals surface area contributed by atoms with Crippen molar-refractivity contribution in [2.45, 2.75) is 186 Å². The van der Waals surface area contributed by atoms with Gasteiger partial charge in [0.2, 0.25) is 0 Å². The molecule has 0 N–H and O–H groups in total. The summed E-state index contributed by atoms with van der Waals surface area (Å²) in [5.74, 6) is -1.84. The van der Waals surface area contributed by atoms with E-state index >= 15 is 0 Å². The standard InChI is InChI=1S/C39H64N4O12Si2/c1-36(2,3)56(11,12)48-22-24-28-30(54-38(7,8)52-28)32(50-24)42-20-16-26(44)40(34(42)46)18-15-19-41-27(45)17-21-43(35(41)47)33-31-29(53-39(9,10)55-31)25(51-33)23-49-57(13,14)37(4,5)6/h16-17,20-21,24-25,28-33H,15,18-19,22-23H2,1-14H3/t24-,25-,28-,29-,30-,31-,32-,33-/m1/s1. The lowest BCUT2D eigenvalue weighted by atomic mass is 10.1. The van der Waals surface area contributed by atoms with Crippen LogP contribution >= 0.6 is 0 Å². The van der Waals surface area contributed by atoms with Crippen molar-refractivity contribution in [1.82, 2.24) is 18.3 Å². The molecule has 2 aromatic rings. The van der Waals surface area contributed by atoms with E-state index in [1.54, 1.807) is 0 Å². The molecule has 0 bridgehead atoms. The quantitative estimate of drug-likeness (QED) is 0.279. The molecule has 0 saturated carbocycles. The molecule has 57 heavy (non-hydrogen) atoms. The van der Waals surface area contributed by atoms with Gasteiger partial charge in [-0.1, -0.05) is 41.5 Å². The monoisotopic (exact) mass is 836 g/mol. The van der Waals surface area contributed by atoms with Gasteiger partial charge in [-0.05, 0) is 70.4 Å². The minimum Gasteiger partial charge on any atom is -0.414 e. The number of ether oxygens (including phenoxy) is 6. The van der Waals surface area contributed by atoms with Crippen LogP contribution in [0.1, 0.15) is 88.1 Å². The van der Waals surface area contributed by atoms with Gasteiger partial charge in [0.1, 0.15) is 36.6 Å². The predicted octanol–water partition coefficient (Wildman–Crippen LogP) is 4.30. The van der Waals surface area contributed by atoms with Gasteiger partial charge in [-0.15, -0.1) is 0 Å². The molecule has 2 aromatic heterocycles. The minimum atomic E-state index is -2.13. The number of nitrogens with zero attached hydrogens (tertiary/aromatic N) is 4. The molecular formula is C39H64N4O12Si2. The Kier molecular flexibility index (Phi) is 11.7. The lowest BCUT2D eigenvalue weighted by molar-refractivity contribution is -0.200. The summed E-state index contributed by atoms with van der Waals surface area (Å²) in [5, 5.41) is -0.0395. The fraction of sp³-hybridized carbons (Fsp3) is 0.795. The van der Waals surface area contributed by atoms with Gasteiger partial charge in [0.05, 0.1) is 13.2 Å². The Labute approximate surface area is 336 Å². The van der Waals surface area contributed by atoms with Crippen LogP contribution < -0.4 is 22.5 Å². The smallest absolute Gasteiger partial charge is 0.333 e. The molecule has 0 amide bonds. The summed E-state index contributed by atoms with van der Waals surface area (Å²) in [6.45, 7) is 29.2. The molecule has 0 radical (unpaired) electrons. The highest BCUT2D eigenvalue weighted by Gasteiger charge is 2.58. The second-order valence-corrected chi connectivity index (χ2v) is 29.4. The topological polar surface area (TPSA) is 162 Å². The summed E-state index contributed by atoms with van der Waals surface area (Å²) < 4.78 is 55.7. The molecule has 0 aromatic carbocycles. The molecule has 16 nitrogen and oxygen atoms in total.